The van der Waals surface area contributed by atoms with Gasteiger partial charge in [0.25, 0.3) is 5.91 Å². The van der Waals surface area contributed by atoms with Crippen molar-refractivity contribution in [3.05, 3.63) is 16.4 Å². The van der Waals surface area contributed by atoms with Crippen LogP contribution in [0, 0.1) is 6.92 Å². The van der Waals surface area contributed by atoms with Crippen molar-refractivity contribution in [2.45, 2.75) is 13.8 Å². The van der Waals surface area contributed by atoms with Crippen molar-refractivity contribution in [3.8, 4) is 0 Å². The van der Waals surface area contributed by atoms with Gasteiger partial charge in [0.15, 0.2) is 5.69 Å². The average molecular weight is 315 g/mol. The fourth-order valence-electron chi connectivity index (χ4n) is 2.18. The molecule has 116 valence electrons. The first-order valence-electron chi connectivity index (χ1n) is 6.85. The van der Waals surface area contributed by atoms with Gasteiger partial charge in [-0.2, -0.15) is 5.10 Å². The van der Waals surface area contributed by atoms with Crippen molar-refractivity contribution >= 4 is 23.6 Å². The van der Waals surface area contributed by atoms with Crippen LogP contribution in [0.2, 0.25) is 5.02 Å². The minimum absolute atomic E-state index is 0.202. The van der Waals surface area contributed by atoms with E-state index in [0.717, 1.165) is 5.69 Å². The van der Waals surface area contributed by atoms with Gasteiger partial charge in [-0.25, -0.2) is 4.79 Å². The molecule has 7 nitrogen and oxygen atoms in total. The van der Waals surface area contributed by atoms with Crippen LogP contribution in [-0.2, 0) is 11.8 Å². The van der Waals surface area contributed by atoms with Crippen LogP contribution in [0.5, 0.6) is 0 Å². The van der Waals surface area contributed by atoms with Crippen molar-refractivity contribution in [3.63, 3.8) is 0 Å². The monoisotopic (exact) mass is 314 g/mol. The Labute approximate surface area is 128 Å². The molecule has 21 heavy (non-hydrogen) atoms. The molecule has 0 saturated carbocycles. The third kappa shape index (κ3) is 3.12. The Morgan fingerprint density at radius 1 is 1.24 bits per heavy atom. The quantitative estimate of drug-likeness (QED) is 0.825. The number of carbonyl (C=O) groups is 2. The van der Waals surface area contributed by atoms with Crippen LogP contribution in [-0.4, -0.2) is 64.4 Å². The molecule has 1 aromatic heterocycles. The third-order valence-corrected chi connectivity index (χ3v) is 4.01. The summed E-state index contributed by atoms with van der Waals surface area (Å²) < 4.78 is 6.53. The lowest BCUT2D eigenvalue weighted by molar-refractivity contribution is 0.0565. The molecule has 0 spiro atoms. The van der Waals surface area contributed by atoms with E-state index in [9.17, 15) is 9.59 Å². The zero-order chi connectivity index (χ0) is 15.6. The lowest BCUT2D eigenvalue weighted by Crippen LogP contribution is -2.50. The van der Waals surface area contributed by atoms with Gasteiger partial charge in [0, 0.05) is 33.2 Å². The molecular weight excluding hydrogens is 296 g/mol. The molecule has 1 aromatic rings. The molecule has 1 saturated heterocycles. The smallest absolute Gasteiger partial charge is 0.409 e. The summed E-state index contributed by atoms with van der Waals surface area (Å²) in [5, 5.41) is 4.54. The van der Waals surface area contributed by atoms with E-state index < -0.39 is 0 Å². The number of amides is 2. The molecule has 0 unspecified atom stereocenters. The first kappa shape index (κ1) is 15.6. The highest BCUT2D eigenvalue weighted by Gasteiger charge is 2.28. The highest BCUT2D eigenvalue weighted by molar-refractivity contribution is 6.34. The van der Waals surface area contributed by atoms with Crippen LogP contribution in [0.4, 0.5) is 4.79 Å². The number of halogens is 1. The standard InChI is InChI=1S/C13H19ClN4O3/c1-4-21-13(20)18-7-5-17(6-8-18)12(19)11-10(14)9(2)16(3)15-11/h4-8H2,1-3H3. The van der Waals surface area contributed by atoms with E-state index >= 15 is 0 Å². The van der Waals surface area contributed by atoms with Crippen LogP contribution >= 0.6 is 11.6 Å². The van der Waals surface area contributed by atoms with Gasteiger partial charge in [-0.1, -0.05) is 11.6 Å². The summed E-state index contributed by atoms with van der Waals surface area (Å²) in [4.78, 5) is 27.3. The van der Waals surface area contributed by atoms with Gasteiger partial charge >= 0.3 is 6.09 Å². The van der Waals surface area contributed by atoms with Crippen LogP contribution in [0.15, 0.2) is 0 Å². The fourth-order valence-corrected chi connectivity index (χ4v) is 2.42. The van der Waals surface area contributed by atoms with E-state index in [1.165, 1.54) is 0 Å². The number of aromatic nitrogens is 2. The first-order valence-corrected chi connectivity index (χ1v) is 7.23. The molecule has 1 aliphatic rings. The van der Waals surface area contributed by atoms with E-state index in [1.54, 1.807) is 28.5 Å². The Bertz CT molecular complexity index is 550. The third-order valence-electron chi connectivity index (χ3n) is 3.56. The molecule has 2 amide bonds. The van der Waals surface area contributed by atoms with Gasteiger partial charge in [-0.3, -0.25) is 9.48 Å². The molecule has 0 bridgehead atoms. The molecule has 0 aliphatic carbocycles. The first-order chi connectivity index (χ1) is 9.95. The lowest BCUT2D eigenvalue weighted by Gasteiger charge is -2.33. The summed E-state index contributed by atoms with van der Waals surface area (Å²) >= 11 is 6.13. The van der Waals surface area contributed by atoms with E-state index in [4.69, 9.17) is 16.3 Å². The van der Waals surface area contributed by atoms with Gasteiger partial charge in [0.1, 0.15) is 0 Å². The number of hydrogen-bond donors (Lipinski definition) is 0. The molecular formula is C13H19ClN4O3. The van der Waals surface area contributed by atoms with Crippen molar-refractivity contribution in [2.24, 2.45) is 7.05 Å². The number of piperazine rings is 1. The van der Waals surface area contributed by atoms with Crippen molar-refractivity contribution in [2.75, 3.05) is 32.8 Å². The lowest BCUT2D eigenvalue weighted by atomic mass is 10.2. The van der Waals surface area contributed by atoms with E-state index in [2.05, 4.69) is 5.10 Å². The maximum atomic E-state index is 12.4. The highest BCUT2D eigenvalue weighted by Crippen LogP contribution is 2.21. The van der Waals surface area contributed by atoms with Crippen molar-refractivity contribution in [1.82, 2.24) is 19.6 Å². The van der Waals surface area contributed by atoms with Crippen LogP contribution in [0.1, 0.15) is 23.1 Å². The zero-order valence-electron chi connectivity index (χ0n) is 12.4. The summed E-state index contributed by atoms with van der Waals surface area (Å²) in [6.45, 7) is 5.73. The predicted octanol–water partition coefficient (Wildman–Crippen LogP) is 1.30. The number of hydrogen-bond acceptors (Lipinski definition) is 4. The maximum absolute atomic E-state index is 12.4. The van der Waals surface area contributed by atoms with E-state index in [1.807, 2.05) is 6.92 Å². The summed E-state index contributed by atoms with van der Waals surface area (Å²) in [5.74, 6) is -0.202. The summed E-state index contributed by atoms with van der Waals surface area (Å²) in [7, 11) is 1.75. The zero-order valence-corrected chi connectivity index (χ0v) is 13.2. The number of carbonyl (C=O) groups excluding carboxylic acids is 2. The van der Waals surface area contributed by atoms with Crippen LogP contribution < -0.4 is 0 Å². The molecule has 2 heterocycles. The van der Waals surface area contributed by atoms with Gasteiger partial charge in [0.2, 0.25) is 0 Å². The molecule has 0 aromatic carbocycles. The average Bonchev–Trinajstić information content (AvgIpc) is 2.74. The normalized spacial score (nSPS) is 15.2. The predicted molar refractivity (Wildman–Crippen MR) is 77.5 cm³/mol. The largest absolute Gasteiger partial charge is 0.450 e. The SMILES string of the molecule is CCOC(=O)N1CCN(C(=O)c2nn(C)c(C)c2Cl)CC1. The minimum Gasteiger partial charge on any atom is -0.450 e. The number of aryl methyl sites for hydroxylation is 1. The Balaban J connectivity index is 2.00. The van der Waals surface area contributed by atoms with Crippen molar-refractivity contribution in [1.29, 1.82) is 0 Å². The fraction of sp³-hybridized carbons (Fsp3) is 0.615. The Morgan fingerprint density at radius 3 is 2.29 bits per heavy atom. The summed E-state index contributed by atoms with van der Waals surface area (Å²) in [6.07, 6.45) is -0.337. The van der Waals surface area contributed by atoms with E-state index in [0.29, 0.717) is 37.8 Å². The van der Waals surface area contributed by atoms with Gasteiger partial charge in [-0.15, -0.1) is 0 Å². The molecule has 1 fully saturated rings. The number of rotatable bonds is 2. The second kappa shape index (κ2) is 6.34. The molecule has 0 atom stereocenters. The van der Waals surface area contributed by atoms with Crippen molar-refractivity contribution < 1.29 is 14.3 Å². The second-order valence-electron chi connectivity index (χ2n) is 4.85. The minimum atomic E-state index is -0.337. The Hall–Kier alpha value is -1.76. The molecule has 2 rings (SSSR count). The highest BCUT2D eigenvalue weighted by atomic mass is 35.5. The topological polar surface area (TPSA) is 67.7 Å². The molecule has 8 heteroatoms. The Kier molecular flexibility index (Phi) is 4.72. The maximum Gasteiger partial charge on any atom is 0.409 e. The number of nitrogens with zero attached hydrogens (tertiary/aromatic N) is 4. The van der Waals surface area contributed by atoms with Gasteiger partial charge in [-0.05, 0) is 13.8 Å². The van der Waals surface area contributed by atoms with Crippen LogP contribution in [0.25, 0.3) is 0 Å². The molecule has 1 aliphatic heterocycles. The molecule has 0 N–H and O–H groups in total. The van der Waals surface area contributed by atoms with E-state index in [-0.39, 0.29) is 17.7 Å². The number of ether oxygens (including phenoxy) is 1. The van der Waals surface area contributed by atoms with Gasteiger partial charge < -0.3 is 14.5 Å². The second-order valence-corrected chi connectivity index (χ2v) is 5.23. The molecule has 0 radical (unpaired) electrons. The van der Waals surface area contributed by atoms with Crippen LogP contribution in [0.3, 0.4) is 0 Å². The summed E-state index contributed by atoms with van der Waals surface area (Å²) in [5.41, 5.74) is 1.02. The Morgan fingerprint density at radius 2 is 1.81 bits per heavy atom. The van der Waals surface area contributed by atoms with Gasteiger partial charge in [0.05, 0.1) is 17.3 Å². The summed E-state index contributed by atoms with van der Waals surface area (Å²) in [6, 6.07) is 0.